The number of benzene rings is 2. The molecule has 0 bridgehead atoms. The molecule has 0 spiro atoms. The molecule has 0 heterocycles. The van der Waals surface area contributed by atoms with Crippen LogP contribution in [0.3, 0.4) is 0 Å². The van der Waals surface area contributed by atoms with E-state index >= 15 is 0 Å². The van der Waals surface area contributed by atoms with Crippen molar-refractivity contribution in [2.24, 2.45) is 11.8 Å². The highest BCUT2D eigenvalue weighted by Gasteiger charge is 2.30. The van der Waals surface area contributed by atoms with Crippen LogP contribution < -0.4 is 15.7 Å². The molecule has 2 N–H and O–H groups in total. The SMILES string of the molecule is O=C(Nc1cccc(Cl)c1Cl)c1ccccc1NC(=O)[C@@H]1CC=CC[C@@H]1C(=O)[O-]. The third-order valence-corrected chi connectivity index (χ3v) is 5.52. The van der Waals surface area contributed by atoms with E-state index in [1.54, 1.807) is 54.6 Å². The highest BCUT2D eigenvalue weighted by Crippen LogP contribution is 2.31. The average molecular weight is 432 g/mol. The Morgan fingerprint density at radius 1 is 0.862 bits per heavy atom. The second kappa shape index (κ2) is 9.11. The number of hydrogen-bond acceptors (Lipinski definition) is 4. The third kappa shape index (κ3) is 4.78. The number of allylic oxidation sites excluding steroid dienone is 2. The fourth-order valence-corrected chi connectivity index (χ4v) is 3.52. The summed E-state index contributed by atoms with van der Waals surface area (Å²) in [5.74, 6) is -3.93. The van der Waals surface area contributed by atoms with Crippen molar-refractivity contribution in [3.63, 3.8) is 0 Å². The molecular weight excluding hydrogens is 415 g/mol. The minimum atomic E-state index is -1.27. The Hall–Kier alpha value is -2.83. The molecule has 2 atom stereocenters. The number of rotatable bonds is 5. The van der Waals surface area contributed by atoms with Gasteiger partial charge in [-0.1, -0.05) is 53.6 Å². The Balaban J connectivity index is 1.80. The molecule has 2 amide bonds. The van der Waals surface area contributed by atoms with Crippen LogP contribution in [0.5, 0.6) is 0 Å². The van der Waals surface area contributed by atoms with Gasteiger partial charge in [0.15, 0.2) is 0 Å². The summed E-state index contributed by atoms with van der Waals surface area (Å²) in [6.07, 6.45) is 4.01. The van der Waals surface area contributed by atoms with Gasteiger partial charge in [-0.15, -0.1) is 0 Å². The van der Waals surface area contributed by atoms with Crippen LogP contribution in [0.4, 0.5) is 11.4 Å². The second-order valence-electron chi connectivity index (χ2n) is 6.57. The smallest absolute Gasteiger partial charge is 0.257 e. The summed E-state index contributed by atoms with van der Waals surface area (Å²) in [5, 5.41) is 17.2. The van der Waals surface area contributed by atoms with Crippen molar-refractivity contribution in [2.75, 3.05) is 10.6 Å². The fourth-order valence-electron chi connectivity index (χ4n) is 3.17. The minimum absolute atomic E-state index is 0.202. The van der Waals surface area contributed by atoms with Crippen LogP contribution in [0.2, 0.25) is 10.0 Å². The molecule has 8 heteroatoms. The number of carboxylic acid groups (broad SMARTS) is 1. The Bertz CT molecular complexity index is 990. The zero-order valence-corrected chi connectivity index (χ0v) is 16.7. The molecule has 2 aromatic rings. The maximum Gasteiger partial charge on any atom is 0.257 e. The molecule has 150 valence electrons. The Labute approximate surface area is 177 Å². The summed E-state index contributed by atoms with van der Waals surface area (Å²) in [6, 6.07) is 11.3. The number of carbonyl (C=O) groups excluding carboxylic acids is 3. The van der Waals surface area contributed by atoms with Crippen LogP contribution in [0.1, 0.15) is 23.2 Å². The lowest BCUT2D eigenvalue weighted by atomic mass is 9.82. The van der Waals surface area contributed by atoms with E-state index in [1.807, 2.05) is 0 Å². The standard InChI is InChI=1S/C21H18Cl2N2O4/c22-15-9-5-11-17(18(15)23)25-20(27)14-8-3-4-10-16(14)24-19(26)12-6-1-2-7-13(12)21(28)29/h1-5,8-13H,6-7H2,(H,24,26)(H,25,27)(H,28,29)/p-1/t12-,13+/m1/s1. The summed E-state index contributed by atoms with van der Waals surface area (Å²) in [4.78, 5) is 36.8. The molecule has 2 aromatic carbocycles. The topological polar surface area (TPSA) is 98.3 Å². The zero-order valence-electron chi connectivity index (χ0n) is 15.2. The normalized spacial score (nSPS) is 18.1. The van der Waals surface area contributed by atoms with Gasteiger partial charge in [-0.3, -0.25) is 9.59 Å². The fraction of sp³-hybridized carbons (Fsp3) is 0.190. The summed E-state index contributed by atoms with van der Waals surface area (Å²) in [6.45, 7) is 0. The van der Waals surface area contributed by atoms with Crippen molar-refractivity contribution in [1.29, 1.82) is 0 Å². The lowest BCUT2D eigenvalue weighted by Gasteiger charge is -2.28. The molecule has 6 nitrogen and oxygen atoms in total. The van der Waals surface area contributed by atoms with Gasteiger partial charge in [-0.2, -0.15) is 0 Å². The van der Waals surface area contributed by atoms with Crippen molar-refractivity contribution >= 4 is 52.4 Å². The lowest BCUT2D eigenvalue weighted by molar-refractivity contribution is -0.313. The number of carboxylic acids is 1. The number of carbonyl (C=O) groups is 3. The number of halogens is 2. The van der Waals surface area contributed by atoms with E-state index in [-0.39, 0.29) is 29.1 Å². The van der Waals surface area contributed by atoms with Crippen LogP contribution >= 0.6 is 23.2 Å². The van der Waals surface area contributed by atoms with Crippen LogP contribution in [0.15, 0.2) is 54.6 Å². The van der Waals surface area contributed by atoms with Crippen LogP contribution in [-0.4, -0.2) is 17.8 Å². The number of para-hydroxylation sites is 1. The Kier molecular flexibility index (Phi) is 6.56. The van der Waals surface area contributed by atoms with Crippen LogP contribution in [0.25, 0.3) is 0 Å². The van der Waals surface area contributed by atoms with E-state index in [0.29, 0.717) is 10.7 Å². The molecule has 0 fully saturated rings. The first-order valence-electron chi connectivity index (χ1n) is 8.89. The predicted molar refractivity (Wildman–Crippen MR) is 110 cm³/mol. The molecule has 1 aliphatic carbocycles. The third-order valence-electron chi connectivity index (χ3n) is 4.70. The van der Waals surface area contributed by atoms with E-state index < -0.39 is 29.6 Å². The molecule has 0 saturated heterocycles. The van der Waals surface area contributed by atoms with Crippen molar-refractivity contribution < 1.29 is 19.5 Å². The molecule has 0 saturated carbocycles. The number of amides is 2. The average Bonchev–Trinajstić information content (AvgIpc) is 2.71. The van der Waals surface area contributed by atoms with Gasteiger partial charge < -0.3 is 20.5 Å². The van der Waals surface area contributed by atoms with Crippen LogP contribution in [0, 0.1) is 11.8 Å². The molecule has 0 aromatic heterocycles. The van der Waals surface area contributed by atoms with E-state index in [9.17, 15) is 19.5 Å². The number of anilines is 2. The minimum Gasteiger partial charge on any atom is -0.550 e. The van der Waals surface area contributed by atoms with E-state index in [0.717, 1.165) is 0 Å². The molecule has 0 unspecified atom stereocenters. The van der Waals surface area contributed by atoms with Gasteiger partial charge in [0, 0.05) is 11.9 Å². The largest absolute Gasteiger partial charge is 0.550 e. The van der Waals surface area contributed by atoms with Crippen molar-refractivity contribution in [3.05, 3.63) is 70.2 Å². The van der Waals surface area contributed by atoms with Crippen LogP contribution in [-0.2, 0) is 9.59 Å². The lowest BCUT2D eigenvalue weighted by Crippen LogP contribution is -2.41. The van der Waals surface area contributed by atoms with Crippen molar-refractivity contribution in [3.8, 4) is 0 Å². The quantitative estimate of drug-likeness (QED) is 0.707. The van der Waals surface area contributed by atoms with Gasteiger partial charge in [0.25, 0.3) is 5.91 Å². The molecule has 1 aliphatic rings. The summed E-state index contributed by atoms with van der Waals surface area (Å²) < 4.78 is 0. The predicted octanol–water partition coefficient (Wildman–Crippen LogP) is 3.52. The molecule has 0 aliphatic heterocycles. The van der Waals surface area contributed by atoms with Gasteiger partial charge in [0.2, 0.25) is 5.91 Å². The molecular formula is C21H17Cl2N2O4-. The first-order chi connectivity index (χ1) is 13.9. The molecule has 0 radical (unpaired) electrons. The van der Waals surface area contributed by atoms with E-state index in [2.05, 4.69) is 10.6 Å². The van der Waals surface area contributed by atoms with Gasteiger partial charge in [-0.25, -0.2) is 0 Å². The van der Waals surface area contributed by atoms with Crippen molar-refractivity contribution in [1.82, 2.24) is 0 Å². The van der Waals surface area contributed by atoms with Gasteiger partial charge in [0.05, 0.1) is 32.9 Å². The maximum absolute atomic E-state index is 12.7. The second-order valence-corrected chi connectivity index (χ2v) is 7.35. The highest BCUT2D eigenvalue weighted by atomic mass is 35.5. The summed E-state index contributed by atoms with van der Waals surface area (Å²) in [5.41, 5.74) is 0.799. The van der Waals surface area contributed by atoms with Crippen molar-refractivity contribution in [2.45, 2.75) is 12.8 Å². The number of hydrogen-bond donors (Lipinski definition) is 2. The first kappa shape index (κ1) is 20.9. The van der Waals surface area contributed by atoms with E-state index in [1.165, 1.54) is 0 Å². The van der Waals surface area contributed by atoms with E-state index in [4.69, 9.17) is 23.2 Å². The molecule has 3 rings (SSSR count). The summed E-state index contributed by atoms with van der Waals surface area (Å²) in [7, 11) is 0. The van der Waals surface area contributed by atoms with Gasteiger partial charge >= 0.3 is 0 Å². The summed E-state index contributed by atoms with van der Waals surface area (Å²) >= 11 is 12.1. The zero-order chi connectivity index (χ0) is 21.0. The maximum atomic E-state index is 12.7. The highest BCUT2D eigenvalue weighted by molar-refractivity contribution is 6.44. The Morgan fingerprint density at radius 2 is 1.52 bits per heavy atom. The number of aliphatic carboxylic acids is 1. The molecule has 29 heavy (non-hydrogen) atoms. The van der Waals surface area contributed by atoms with Gasteiger partial charge in [-0.05, 0) is 37.1 Å². The van der Waals surface area contributed by atoms with Gasteiger partial charge in [0.1, 0.15) is 0 Å². The first-order valence-corrected chi connectivity index (χ1v) is 9.65. The monoisotopic (exact) mass is 431 g/mol. The number of nitrogens with one attached hydrogen (secondary N) is 2. The Morgan fingerprint density at radius 3 is 2.24 bits per heavy atom.